The Kier molecular flexibility index (Phi) is 4.85. The van der Waals surface area contributed by atoms with Crippen LogP contribution in [0.2, 0.25) is 5.02 Å². The van der Waals surface area contributed by atoms with Gasteiger partial charge in [-0.2, -0.15) is 15.0 Å². The van der Waals surface area contributed by atoms with Gasteiger partial charge in [0.2, 0.25) is 0 Å². The van der Waals surface area contributed by atoms with Crippen molar-refractivity contribution in [2.45, 2.75) is 13.0 Å². The largest absolute Gasteiger partial charge is 0.369 e. The molecule has 0 amide bonds. The molecule has 6 heteroatoms. The smallest absolute Gasteiger partial charge is 0.113 e. The summed E-state index contributed by atoms with van der Waals surface area (Å²) in [5.74, 6) is 0. The maximum Gasteiger partial charge on any atom is 0.113 e. The van der Waals surface area contributed by atoms with Gasteiger partial charge in [0.05, 0.1) is 6.54 Å². The van der Waals surface area contributed by atoms with Gasteiger partial charge < -0.3 is 4.90 Å². The SMILES string of the molecule is Clc1ccc(N2CCN(CCCn3nc4ccccc4n3)CC2)cc1. The second-order valence-corrected chi connectivity index (χ2v) is 6.88. The predicted octanol–water partition coefficient (Wildman–Crippen LogP) is 3.30. The summed E-state index contributed by atoms with van der Waals surface area (Å²) in [6.07, 6.45) is 1.07. The topological polar surface area (TPSA) is 37.2 Å². The molecule has 4 rings (SSSR count). The number of fused-ring (bicyclic) bond motifs is 1. The molecule has 1 saturated heterocycles. The summed E-state index contributed by atoms with van der Waals surface area (Å²) >= 11 is 5.97. The summed E-state index contributed by atoms with van der Waals surface area (Å²) in [6.45, 7) is 6.27. The van der Waals surface area contributed by atoms with Gasteiger partial charge in [-0.05, 0) is 42.8 Å². The fourth-order valence-electron chi connectivity index (χ4n) is 3.32. The lowest BCUT2D eigenvalue weighted by Gasteiger charge is -2.36. The number of piperazine rings is 1. The van der Waals surface area contributed by atoms with Crippen molar-refractivity contribution in [1.29, 1.82) is 0 Å². The molecule has 2 heterocycles. The molecule has 1 aromatic heterocycles. The zero-order valence-corrected chi connectivity index (χ0v) is 14.9. The molecule has 0 aliphatic carbocycles. The normalized spacial score (nSPS) is 15.8. The molecule has 1 aliphatic rings. The predicted molar refractivity (Wildman–Crippen MR) is 102 cm³/mol. The second-order valence-electron chi connectivity index (χ2n) is 6.44. The van der Waals surface area contributed by atoms with E-state index in [0.717, 1.165) is 61.7 Å². The highest BCUT2D eigenvalue weighted by Crippen LogP contribution is 2.19. The fourth-order valence-corrected chi connectivity index (χ4v) is 3.45. The molecular weight excluding hydrogens is 334 g/mol. The Hall–Kier alpha value is -2.11. The van der Waals surface area contributed by atoms with Crippen molar-refractivity contribution in [3.05, 3.63) is 53.6 Å². The van der Waals surface area contributed by atoms with E-state index in [1.807, 2.05) is 41.2 Å². The van der Waals surface area contributed by atoms with Crippen LogP contribution in [0.1, 0.15) is 6.42 Å². The third kappa shape index (κ3) is 3.94. The van der Waals surface area contributed by atoms with Gasteiger partial charge in [0.1, 0.15) is 11.0 Å². The molecule has 3 aromatic rings. The first-order valence-electron chi connectivity index (χ1n) is 8.81. The van der Waals surface area contributed by atoms with E-state index in [9.17, 15) is 0 Å². The molecule has 130 valence electrons. The summed E-state index contributed by atoms with van der Waals surface area (Å²) in [6, 6.07) is 16.2. The van der Waals surface area contributed by atoms with E-state index in [0.29, 0.717) is 0 Å². The van der Waals surface area contributed by atoms with Crippen molar-refractivity contribution in [3.63, 3.8) is 0 Å². The van der Waals surface area contributed by atoms with Gasteiger partial charge in [0.15, 0.2) is 0 Å². The van der Waals surface area contributed by atoms with Gasteiger partial charge in [-0.15, -0.1) is 0 Å². The molecule has 0 radical (unpaired) electrons. The van der Waals surface area contributed by atoms with Crippen molar-refractivity contribution >= 4 is 28.3 Å². The molecule has 1 aliphatic heterocycles. The number of aromatic nitrogens is 3. The molecule has 0 atom stereocenters. The summed E-state index contributed by atoms with van der Waals surface area (Å²) in [5, 5.41) is 9.84. The van der Waals surface area contributed by atoms with Gasteiger partial charge >= 0.3 is 0 Å². The van der Waals surface area contributed by atoms with Crippen LogP contribution in [0.25, 0.3) is 11.0 Å². The van der Waals surface area contributed by atoms with Crippen molar-refractivity contribution in [2.75, 3.05) is 37.6 Å². The lowest BCUT2D eigenvalue weighted by atomic mass is 10.2. The average Bonchev–Trinajstić information content (AvgIpc) is 3.06. The van der Waals surface area contributed by atoms with Crippen LogP contribution < -0.4 is 4.90 Å². The van der Waals surface area contributed by atoms with Crippen LogP contribution in [0, 0.1) is 0 Å². The first-order valence-corrected chi connectivity index (χ1v) is 9.18. The lowest BCUT2D eigenvalue weighted by molar-refractivity contribution is 0.247. The minimum Gasteiger partial charge on any atom is -0.369 e. The first-order chi connectivity index (χ1) is 12.3. The number of hydrogen-bond acceptors (Lipinski definition) is 4. The number of nitrogens with zero attached hydrogens (tertiary/aromatic N) is 5. The van der Waals surface area contributed by atoms with Crippen LogP contribution >= 0.6 is 11.6 Å². The molecule has 0 saturated carbocycles. The summed E-state index contributed by atoms with van der Waals surface area (Å²) < 4.78 is 0. The summed E-state index contributed by atoms with van der Waals surface area (Å²) in [5.41, 5.74) is 3.20. The molecule has 25 heavy (non-hydrogen) atoms. The van der Waals surface area contributed by atoms with E-state index in [4.69, 9.17) is 11.6 Å². The Morgan fingerprint density at radius 3 is 2.08 bits per heavy atom. The molecular formula is C19H22ClN5. The van der Waals surface area contributed by atoms with Crippen molar-refractivity contribution in [1.82, 2.24) is 19.9 Å². The van der Waals surface area contributed by atoms with E-state index < -0.39 is 0 Å². The Morgan fingerprint density at radius 2 is 1.44 bits per heavy atom. The molecule has 0 bridgehead atoms. The van der Waals surface area contributed by atoms with Gasteiger partial charge in [-0.1, -0.05) is 23.7 Å². The molecule has 2 aromatic carbocycles. The molecule has 0 spiro atoms. The molecule has 0 unspecified atom stereocenters. The van der Waals surface area contributed by atoms with Crippen LogP contribution in [0.3, 0.4) is 0 Å². The fraction of sp³-hybridized carbons (Fsp3) is 0.368. The number of halogens is 1. The van der Waals surface area contributed by atoms with E-state index in [1.54, 1.807) is 0 Å². The third-order valence-electron chi connectivity index (χ3n) is 4.72. The Balaban J connectivity index is 1.24. The van der Waals surface area contributed by atoms with E-state index >= 15 is 0 Å². The molecule has 5 nitrogen and oxygen atoms in total. The number of anilines is 1. The summed E-state index contributed by atoms with van der Waals surface area (Å²) in [7, 11) is 0. The highest BCUT2D eigenvalue weighted by Gasteiger charge is 2.16. The first kappa shape index (κ1) is 16.4. The Labute approximate surface area is 152 Å². The van der Waals surface area contributed by atoms with Crippen molar-refractivity contribution in [2.24, 2.45) is 0 Å². The lowest BCUT2D eigenvalue weighted by Crippen LogP contribution is -2.46. The quantitative estimate of drug-likeness (QED) is 0.703. The van der Waals surface area contributed by atoms with Gasteiger partial charge in [-0.3, -0.25) is 4.90 Å². The van der Waals surface area contributed by atoms with Crippen LogP contribution in [-0.2, 0) is 6.54 Å². The standard InChI is InChI=1S/C19H22ClN5/c20-16-6-8-17(9-7-16)24-14-12-23(13-15-24)10-3-11-25-21-18-4-1-2-5-19(18)22-25/h1-2,4-9H,3,10-15H2. The van der Waals surface area contributed by atoms with E-state index in [1.165, 1.54) is 5.69 Å². The third-order valence-corrected chi connectivity index (χ3v) is 4.98. The maximum absolute atomic E-state index is 5.97. The number of aryl methyl sites for hydroxylation is 1. The van der Waals surface area contributed by atoms with Crippen molar-refractivity contribution < 1.29 is 0 Å². The molecule has 0 N–H and O–H groups in total. The van der Waals surface area contributed by atoms with Crippen LogP contribution in [-0.4, -0.2) is 52.6 Å². The van der Waals surface area contributed by atoms with Gasteiger partial charge in [0.25, 0.3) is 0 Å². The number of rotatable bonds is 5. The van der Waals surface area contributed by atoms with Gasteiger partial charge in [-0.25, -0.2) is 0 Å². The number of benzene rings is 2. The van der Waals surface area contributed by atoms with Gasteiger partial charge in [0, 0.05) is 43.4 Å². The monoisotopic (exact) mass is 355 g/mol. The van der Waals surface area contributed by atoms with Crippen LogP contribution in [0.15, 0.2) is 48.5 Å². The average molecular weight is 356 g/mol. The Morgan fingerprint density at radius 1 is 0.800 bits per heavy atom. The minimum atomic E-state index is 0.794. The highest BCUT2D eigenvalue weighted by molar-refractivity contribution is 6.30. The van der Waals surface area contributed by atoms with Crippen molar-refractivity contribution in [3.8, 4) is 0 Å². The van der Waals surface area contributed by atoms with Crippen LogP contribution in [0.5, 0.6) is 0 Å². The van der Waals surface area contributed by atoms with E-state index in [-0.39, 0.29) is 0 Å². The van der Waals surface area contributed by atoms with Crippen LogP contribution in [0.4, 0.5) is 5.69 Å². The number of hydrogen-bond donors (Lipinski definition) is 0. The minimum absolute atomic E-state index is 0.794. The zero-order valence-electron chi connectivity index (χ0n) is 14.2. The zero-order chi connectivity index (χ0) is 17.1. The highest BCUT2D eigenvalue weighted by atomic mass is 35.5. The summed E-state index contributed by atoms with van der Waals surface area (Å²) in [4.78, 5) is 6.78. The molecule has 1 fully saturated rings. The van der Waals surface area contributed by atoms with E-state index in [2.05, 4.69) is 32.1 Å². The Bertz CT molecular complexity index is 788. The second kappa shape index (κ2) is 7.42. The maximum atomic E-state index is 5.97.